The van der Waals surface area contributed by atoms with Gasteiger partial charge in [-0.25, -0.2) is 0 Å². The van der Waals surface area contributed by atoms with Crippen molar-refractivity contribution in [2.45, 2.75) is 19.9 Å². The number of aryl methyl sites for hydroxylation is 1. The Morgan fingerprint density at radius 2 is 2.05 bits per heavy atom. The van der Waals surface area contributed by atoms with Gasteiger partial charge in [-0.15, -0.1) is 11.3 Å². The molecule has 0 radical (unpaired) electrons. The summed E-state index contributed by atoms with van der Waals surface area (Å²) in [4.78, 5) is 5.86. The van der Waals surface area contributed by atoms with E-state index in [-0.39, 0.29) is 6.04 Å². The summed E-state index contributed by atoms with van der Waals surface area (Å²) >= 11 is 7.75. The van der Waals surface area contributed by atoms with Crippen LogP contribution in [0.25, 0.3) is 10.9 Å². The molecule has 0 aliphatic rings. The Labute approximate surface area is 133 Å². The first kappa shape index (κ1) is 14.5. The number of fused-ring (bicyclic) bond motifs is 1. The van der Waals surface area contributed by atoms with Gasteiger partial charge in [0.1, 0.15) is 0 Å². The molecule has 2 heterocycles. The monoisotopic (exact) mass is 316 g/mol. The molecule has 0 spiro atoms. The van der Waals surface area contributed by atoms with Crippen LogP contribution >= 0.6 is 22.9 Å². The molecule has 21 heavy (non-hydrogen) atoms. The molecule has 0 amide bonds. The Balaban J connectivity index is 2.19. The molecule has 0 aliphatic heterocycles. The predicted molar refractivity (Wildman–Crippen MR) is 91.3 cm³/mol. The molecule has 0 aliphatic carbocycles. The minimum absolute atomic E-state index is 0.152. The van der Waals surface area contributed by atoms with Crippen LogP contribution in [-0.4, -0.2) is 11.5 Å². The minimum Gasteiger partial charge on any atom is -0.306 e. The Morgan fingerprint density at radius 3 is 2.76 bits per heavy atom. The number of hydrogen-bond acceptors (Lipinski definition) is 3. The number of thiophene rings is 1. The van der Waals surface area contributed by atoms with Crippen LogP contribution in [-0.2, 0) is 0 Å². The Kier molecular flexibility index (Phi) is 4.24. The van der Waals surface area contributed by atoms with Gasteiger partial charge >= 0.3 is 0 Å². The third-order valence-corrected chi connectivity index (χ3v) is 4.77. The summed E-state index contributed by atoms with van der Waals surface area (Å²) in [6.45, 7) is 5.06. The summed E-state index contributed by atoms with van der Waals surface area (Å²) in [7, 11) is 0. The summed E-state index contributed by atoms with van der Waals surface area (Å²) in [6, 6.07) is 14.7. The van der Waals surface area contributed by atoms with Crippen LogP contribution in [0.1, 0.15) is 29.1 Å². The van der Waals surface area contributed by atoms with Crippen LogP contribution in [0.3, 0.4) is 0 Å². The lowest BCUT2D eigenvalue weighted by atomic mass is 9.99. The fraction of sp³-hybridized carbons (Fsp3) is 0.235. The summed E-state index contributed by atoms with van der Waals surface area (Å²) in [5.74, 6) is 0. The van der Waals surface area contributed by atoms with Gasteiger partial charge in [0.2, 0.25) is 0 Å². The second kappa shape index (κ2) is 6.14. The summed E-state index contributed by atoms with van der Waals surface area (Å²) in [5, 5.41) is 4.77. The zero-order valence-corrected chi connectivity index (χ0v) is 13.6. The third kappa shape index (κ3) is 2.95. The summed E-state index contributed by atoms with van der Waals surface area (Å²) in [5.41, 5.74) is 3.34. The Hall–Kier alpha value is -1.42. The smallest absolute Gasteiger partial charge is 0.0931 e. The highest BCUT2D eigenvalue weighted by molar-refractivity contribution is 7.16. The molecule has 1 unspecified atom stereocenters. The van der Waals surface area contributed by atoms with Crippen molar-refractivity contribution < 1.29 is 0 Å². The lowest BCUT2D eigenvalue weighted by molar-refractivity contribution is 0.642. The molecule has 2 aromatic heterocycles. The van der Waals surface area contributed by atoms with E-state index in [0.717, 1.165) is 22.1 Å². The van der Waals surface area contributed by atoms with Crippen molar-refractivity contribution in [1.29, 1.82) is 0 Å². The van der Waals surface area contributed by atoms with Crippen molar-refractivity contribution in [3.63, 3.8) is 0 Å². The normalized spacial score (nSPS) is 12.7. The lowest BCUT2D eigenvalue weighted by Gasteiger charge is -2.19. The number of benzene rings is 1. The summed E-state index contributed by atoms with van der Waals surface area (Å²) < 4.78 is 0.822. The van der Waals surface area contributed by atoms with Gasteiger partial charge < -0.3 is 5.32 Å². The van der Waals surface area contributed by atoms with E-state index in [4.69, 9.17) is 11.6 Å². The molecular weight excluding hydrogens is 300 g/mol. The van der Waals surface area contributed by atoms with Gasteiger partial charge in [0.15, 0.2) is 0 Å². The number of hydrogen-bond donors (Lipinski definition) is 1. The van der Waals surface area contributed by atoms with E-state index < -0.39 is 0 Å². The quantitative estimate of drug-likeness (QED) is 0.736. The van der Waals surface area contributed by atoms with E-state index in [1.807, 2.05) is 19.1 Å². The van der Waals surface area contributed by atoms with E-state index >= 15 is 0 Å². The van der Waals surface area contributed by atoms with Gasteiger partial charge in [-0.05, 0) is 43.3 Å². The maximum Gasteiger partial charge on any atom is 0.0931 e. The van der Waals surface area contributed by atoms with E-state index in [0.29, 0.717) is 0 Å². The van der Waals surface area contributed by atoms with Crippen molar-refractivity contribution in [3.05, 3.63) is 62.9 Å². The maximum absolute atomic E-state index is 6.12. The zero-order valence-electron chi connectivity index (χ0n) is 12.1. The average Bonchev–Trinajstić information content (AvgIpc) is 2.90. The molecular formula is C17H17ClN2S. The molecule has 1 aromatic carbocycles. The van der Waals surface area contributed by atoms with Gasteiger partial charge in [-0.1, -0.05) is 36.7 Å². The van der Waals surface area contributed by atoms with E-state index in [9.17, 15) is 0 Å². The number of nitrogens with zero attached hydrogens (tertiary/aromatic N) is 1. The molecule has 0 bridgehead atoms. The van der Waals surface area contributed by atoms with Gasteiger partial charge in [-0.2, -0.15) is 0 Å². The highest BCUT2D eigenvalue weighted by Gasteiger charge is 2.18. The van der Waals surface area contributed by atoms with Crippen molar-refractivity contribution >= 4 is 33.8 Å². The number of pyridine rings is 1. The molecule has 1 N–H and O–H groups in total. The molecule has 3 aromatic rings. The fourth-order valence-electron chi connectivity index (χ4n) is 2.63. The predicted octanol–water partition coefficient (Wildman–Crippen LogP) is 4.96. The third-order valence-electron chi connectivity index (χ3n) is 3.47. The minimum atomic E-state index is 0.152. The topological polar surface area (TPSA) is 24.9 Å². The SMILES string of the molecule is CCNC(c1ccc(Cl)s1)c1cc(C)nc2ccccc12. The van der Waals surface area contributed by atoms with E-state index in [1.165, 1.54) is 15.8 Å². The first-order valence-electron chi connectivity index (χ1n) is 7.04. The highest BCUT2D eigenvalue weighted by Crippen LogP contribution is 2.34. The van der Waals surface area contributed by atoms with Crippen LogP contribution in [0.15, 0.2) is 42.5 Å². The second-order valence-electron chi connectivity index (χ2n) is 5.00. The zero-order chi connectivity index (χ0) is 14.8. The van der Waals surface area contributed by atoms with Crippen molar-refractivity contribution in [1.82, 2.24) is 10.3 Å². The maximum atomic E-state index is 6.12. The number of halogens is 1. The van der Waals surface area contributed by atoms with E-state index in [2.05, 4.69) is 47.6 Å². The molecule has 108 valence electrons. The fourth-order valence-corrected chi connectivity index (χ4v) is 3.79. The number of para-hydroxylation sites is 1. The summed E-state index contributed by atoms with van der Waals surface area (Å²) in [6.07, 6.45) is 0. The van der Waals surface area contributed by atoms with Gasteiger partial charge in [0.05, 0.1) is 15.9 Å². The molecule has 2 nitrogen and oxygen atoms in total. The molecule has 0 fully saturated rings. The number of nitrogens with one attached hydrogen (secondary N) is 1. The first-order chi connectivity index (χ1) is 10.2. The van der Waals surface area contributed by atoms with Crippen LogP contribution in [0.2, 0.25) is 4.34 Å². The van der Waals surface area contributed by atoms with Crippen LogP contribution in [0, 0.1) is 6.92 Å². The molecule has 0 saturated carbocycles. The second-order valence-corrected chi connectivity index (χ2v) is 6.75. The van der Waals surface area contributed by atoms with Crippen molar-refractivity contribution in [2.24, 2.45) is 0 Å². The average molecular weight is 317 g/mol. The van der Waals surface area contributed by atoms with Gasteiger partial charge in [0, 0.05) is 16.0 Å². The lowest BCUT2D eigenvalue weighted by Crippen LogP contribution is -2.21. The standard InChI is InChI=1S/C17H17ClN2S/c1-3-19-17(15-8-9-16(18)21-15)13-10-11(2)20-14-7-5-4-6-12(13)14/h4-10,17,19H,3H2,1-2H3. The number of rotatable bonds is 4. The molecule has 0 saturated heterocycles. The van der Waals surface area contributed by atoms with Crippen LogP contribution in [0.5, 0.6) is 0 Å². The van der Waals surface area contributed by atoms with Crippen LogP contribution in [0.4, 0.5) is 0 Å². The van der Waals surface area contributed by atoms with Crippen molar-refractivity contribution in [2.75, 3.05) is 6.54 Å². The molecule has 4 heteroatoms. The van der Waals surface area contributed by atoms with E-state index in [1.54, 1.807) is 11.3 Å². The van der Waals surface area contributed by atoms with Gasteiger partial charge in [-0.3, -0.25) is 4.98 Å². The van der Waals surface area contributed by atoms with Gasteiger partial charge in [0.25, 0.3) is 0 Å². The Morgan fingerprint density at radius 1 is 1.24 bits per heavy atom. The number of aromatic nitrogens is 1. The Bertz CT molecular complexity index is 766. The first-order valence-corrected chi connectivity index (χ1v) is 8.23. The van der Waals surface area contributed by atoms with Crippen molar-refractivity contribution in [3.8, 4) is 0 Å². The highest BCUT2D eigenvalue weighted by atomic mass is 35.5. The largest absolute Gasteiger partial charge is 0.306 e. The van der Waals surface area contributed by atoms with Crippen LogP contribution < -0.4 is 5.32 Å². The molecule has 3 rings (SSSR count). The molecule has 1 atom stereocenters.